The normalized spacial score (nSPS) is 12.2. The molecule has 0 aliphatic heterocycles. The third kappa shape index (κ3) is 4.47. The van der Waals surface area contributed by atoms with Gasteiger partial charge in [-0.3, -0.25) is 4.79 Å². The van der Waals surface area contributed by atoms with Crippen LogP contribution in [0.4, 0.5) is 5.69 Å². The van der Waals surface area contributed by atoms with Crippen molar-refractivity contribution >= 4 is 27.5 Å². The minimum absolute atomic E-state index is 0.0287. The summed E-state index contributed by atoms with van der Waals surface area (Å²) in [6.45, 7) is 3.42. The van der Waals surface area contributed by atoms with E-state index in [9.17, 15) is 4.79 Å². The standard InChI is InChI=1S/C14H21BrN2O3/c1-10(9-20-3)17(6-7-19-2)14(18)11-4-5-13(16)12(15)8-11/h4-5,8,10H,6-7,9,16H2,1-3H3. The minimum atomic E-state index is -0.0627. The number of carbonyl (C=O) groups excluding carboxylic acids is 1. The first-order chi connectivity index (χ1) is 9.51. The number of carbonyl (C=O) groups is 1. The highest BCUT2D eigenvalue weighted by Gasteiger charge is 2.21. The predicted molar refractivity (Wildman–Crippen MR) is 82.8 cm³/mol. The van der Waals surface area contributed by atoms with Gasteiger partial charge in [-0.1, -0.05) is 0 Å². The first-order valence-electron chi connectivity index (χ1n) is 6.35. The molecule has 5 nitrogen and oxygen atoms in total. The average Bonchev–Trinajstić information content (AvgIpc) is 2.42. The SMILES string of the molecule is COCCN(C(=O)c1ccc(N)c(Br)c1)C(C)COC. The molecule has 0 fully saturated rings. The van der Waals surface area contributed by atoms with Crippen molar-refractivity contribution in [3.8, 4) is 0 Å². The Labute approximate surface area is 128 Å². The molecule has 1 aromatic carbocycles. The summed E-state index contributed by atoms with van der Waals surface area (Å²) in [5.41, 5.74) is 6.94. The molecule has 0 heterocycles. The second-order valence-corrected chi connectivity index (χ2v) is 5.39. The molecule has 0 aromatic heterocycles. The van der Waals surface area contributed by atoms with E-state index in [4.69, 9.17) is 15.2 Å². The first kappa shape index (κ1) is 16.9. The Kier molecular flexibility index (Phi) is 6.98. The van der Waals surface area contributed by atoms with Crippen molar-refractivity contribution < 1.29 is 14.3 Å². The quantitative estimate of drug-likeness (QED) is 0.769. The number of methoxy groups -OCH3 is 2. The fourth-order valence-electron chi connectivity index (χ4n) is 1.87. The molecule has 1 atom stereocenters. The summed E-state index contributed by atoms with van der Waals surface area (Å²) in [5.74, 6) is -0.0627. The molecule has 0 aliphatic rings. The maximum absolute atomic E-state index is 12.6. The van der Waals surface area contributed by atoms with Crippen LogP contribution in [0.5, 0.6) is 0 Å². The molecule has 0 saturated heterocycles. The minimum Gasteiger partial charge on any atom is -0.398 e. The number of hydrogen-bond donors (Lipinski definition) is 1. The molecule has 1 aromatic rings. The van der Waals surface area contributed by atoms with Gasteiger partial charge in [0.15, 0.2) is 0 Å². The van der Waals surface area contributed by atoms with E-state index >= 15 is 0 Å². The monoisotopic (exact) mass is 344 g/mol. The molecule has 1 amide bonds. The molecule has 0 aliphatic carbocycles. The molecule has 0 saturated carbocycles. The Balaban J connectivity index is 2.93. The lowest BCUT2D eigenvalue weighted by molar-refractivity contribution is 0.0479. The lowest BCUT2D eigenvalue weighted by Gasteiger charge is -2.28. The Hall–Kier alpha value is -1.11. The summed E-state index contributed by atoms with van der Waals surface area (Å²) in [4.78, 5) is 14.3. The van der Waals surface area contributed by atoms with Gasteiger partial charge in [-0.05, 0) is 41.1 Å². The van der Waals surface area contributed by atoms with Crippen LogP contribution in [0.15, 0.2) is 22.7 Å². The van der Waals surface area contributed by atoms with Gasteiger partial charge >= 0.3 is 0 Å². The highest BCUT2D eigenvalue weighted by atomic mass is 79.9. The van der Waals surface area contributed by atoms with Gasteiger partial charge in [0.2, 0.25) is 0 Å². The Bertz CT molecular complexity index is 454. The molecule has 0 spiro atoms. The van der Waals surface area contributed by atoms with Crippen molar-refractivity contribution in [2.24, 2.45) is 0 Å². The number of nitrogens with zero attached hydrogens (tertiary/aromatic N) is 1. The Morgan fingerprint density at radius 2 is 2.10 bits per heavy atom. The summed E-state index contributed by atoms with van der Waals surface area (Å²) >= 11 is 3.34. The number of ether oxygens (including phenoxy) is 2. The highest BCUT2D eigenvalue weighted by molar-refractivity contribution is 9.10. The number of benzene rings is 1. The zero-order valence-corrected chi connectivity index (χ0v) is 13.6. The molecule has 2 N–H and O–H groups in total. The van der Waals surface area contributed by atoms with E-state index in [-0.39, 0.29) is 11.9 Å². The summed E-state index contributed by atoms with van der Waals surface area (Å²) in [5, 5.41) is 0. The Morgan fingerprint density at radius 1 is 1.40 bits per heavy atom. The van der Waals surface area contributed by atoms with Crippen molar-refractivity contribution in [2.45, 2.75) is 13.0 Å². The van der Waals surface area contributed by atoms with Crippen LogP contribution in [0.3, 0.4) is 0 Å². The van der Waals surface area contributed by atoms with Crippen molar-refractivity contribution in [1.29, 1.82) is 0 Å². The number of hydrogen-bond acceptors (Lipinski definition) is 4. The number of anilines is 1. The van der Waals surface area contributed by atoms with Gasteiger partial charge in [0.25, 0.3) is 5.91 Å². The highest BCUT2D eigenvalue weighted by Crippen LogP contribution is 2.21. The van der Waals surface area contributed by atoms with Crippen LogP contribution in [0.2, 0.25) is 0 Å². The van der Waals surface area contributed by atoms with Gasteiger partial charge in [0.1, 0.15) is 0 Å². The van der Waals surface area contributed by atoms with Gasteiger partial charge in [0.05, 0.1) is 19.3 Å². The predicted octanol–water partition coefficient (Wildman–Crippen LogP) is 2.15. The van der Waals surface area contributed by atoms with E-state index in [1.54, 1.807) is 37.3 Å². The van der Waals surface area contributed by atoms with Crippen LogP contribution in [0, 0.1) is 0 Å². The maximum Gasteiger partial charge on any atom is 0.254 e. The van der Waals surface area contributed by atoms with Crippen LogP contribution in [0.1, 0.15) is 17.3 Å². The van der Waals surface area contributed by atoms with Crippen LogP contribution in [-0.4, -0.2) is 50.8 Å². The van der Waals surface area contributed by atoms with Crippen molar-refractivity contribution in [2.75, 3.05) is 39.7 Å². The lowest BCUT2D eigenvalue weighted by Crippen LogP contribution is -2.43. The number of rotatable bonds is 7. The summed E-state index contributed by atoms with van der Waals surface area (Å²) < 4.78 is 10.9. The lowest BCUT2D eigenvalue weighted by atomic mass is 10.1. The van der Waals surface area contributed by atoms with Gasteiger partial charge in [0, 0.05) is 36.5 Å². The van der Waals surface area contributed by atoms with E-state index < -0.39 is 0 Å². The zero-order chi connectivity index (χ0) is 15.1. The fraction of sp³-hybridized carbons (Fsp3) is 0.500. The van der Waals surface area contributed by atoms with Crippen LogP contribution in [-0.2, 0) is 9.47 Å². The van der Waals surface area contributed by atoms with E-state index in [0.717, 1.165) is 4.47 Å². The Morgan fingerprint density at radius 3 is 2.65 bits per heavy atom. The first-order valence-corrected chi connectivity index (χ1v) is 7.14. The smallest absolute Gasteiger partial charge is 0.254 e. The van der Waals surface area contributed by atoms with Crippen LogP contribution >= 0.6 is 15.9 Å². The summed E-state index contributed by atoms with van der Waals surface area (Å²) in [6, 6.07) is 5.14. The third-order valence-corrected chi connectivity index (χ3v) is 3.67. The molecule has 1 rings (SSSR count). The molecule has 1 unspecified atom stereocenters. The van der Waals surface area contributed by atoms with E-state index in [1.807, 2.05) is 6.92 Å². The third-order valence-electron chi connectivity index (χ3n) is 2.98. The molecular weight excluding hydrogens is 324 g/mol. The number of nitrogens with two attached hydrogens (primary N) is 1. The average molecular weight is 345 g/mol. The number of amides is 1. The molecular formula is C14H21BrN2O3. The maximum atomic E-state index is 12.6. The largest absolute Gasteiger partial charge is 0.398 e. The summed E-state index contributed by atoms with van der Waals surface area (Å²) in [7, 11) is 3.23. The van der Waals surface area contributed by atoms with Crippen molar-refractivity contribution in [1.82, 2.24) is 4.90 Å². The molecule has 20 heavy (non-hydrogen) atoms. The number of nitrogen functional groups attached to an aromatic ring is 1. The molecule has 0 radical (unpaired) electrons. The van der Waals surface area contributed by atoms with Gasteiger partial charge < -0.3 is 20.1 Å². The fourth-order valence-corrected chi connectivity index (χ4v) is 2.25. The zero-order valence-electron chi connectivity index (χ0n) is 12.1. The second-order valence-electron chi connectivity index (χ2n) is 4.53. The molecule has 112 valence electrons. The summed E-state index contributed by atoms with van der Waals surface area (Å²) in [6.07, 6.45) is 0. The second kappa shape index (κ2) is 8.24. The van der Waals surface area contributed by atoms with Crippen molar-refractivity contribution in [3.05, 3.63) is 28.2 Å². The van der Waals surface area contributed by atoms with E-state index in [2.05, 4.69) is 15.9 Å². The van der Waals surface area contributed by atoms with Crippen LogP contribution in [0.25, 0.3) is 0 Å². The van der Waals surface area contributed by atoms with Gasteiger partial charge in [-0.15, -0.1) is 0 Å². The van der Waals surface area contributed by atoms with Crippen LogP contribution < -0.4 is 5.73 Å². The van der Waals surface area contributed by atoms with E-state index in [1.165, 1.54) is 0 Å². The van der Waals surface area contributed by atoms with Crippen molar-refractivity contribution in [3.63, 3.8) is 0 Å². The topological polar surface area (TPSA) is 64.8 Å². The number of halogens is 1. The van der Waals surface area contributed by atoms with Gasteiger partial charge in [-0.2, -0.15) is 0 Å². The van der Waals surface area contributed by atoms with Gasteiger partial charge in [-0.25, -0.2) is 0 Å². The molecule has 6 heteroatoms. The van der Waals surface area contributed by atoms with E-state index in [0.29, 0.717) is 31.0 Å². The molecule has 0 bridgehead atoms.